The van der Waals surface area contributed by atoms with E-state index in [0.717, 1.165) is 0 Å². The molecule has 0 aromatic heterocycles. The summed E-state index contributed by atoms with van der Waals surface area (Å²) >= 11 is 5.98. The lowest BCUT2D eigenvalue weighted by molar-refractivity contribution is -0.885. The van der Waals surface area contributed by atoms with E-state index < -0.39 is 6.04 Å². The number of carbonyl (C=O) groups is 3. The summed E-state index contributed by atoms with van der Waals surface area (Å²) < 4.78 is 5.22. The first-order valence-corrected chi connectivity index (χ1v) is 9.46. The van der Waals surface area contributed by atoms with Gasteiger partial charge < -0.3 is 20.3 Å². The Morgan fingerprint density at radius 1 is 1.14 bits per heavy atom. The van der Waals surface area contributed by atoms with Gasteiger partial charge in [-0.1, -0.05) is 23.7 Å². The highest BCUT2D eigenvalue weighted by Gasteiger charge is 2.24. The van der Waals surface area contributed by atoms with Crippen molar-refractivity contribution in [1.29, 1.82) is 0 Å². The van der Waals surface area contributed by atoms with E-state index in [0.29, 0.717) is 32.6 Å². The van der Waals surface area contributed by atoms with Gasteiger partial charge in [0.05, 0.1) is 19.8 Å². The Hall–Kier alpha value is -2.90. The highest BCUT2D eigenvalue weighted by molar-refractivity contribution is 6.31. The molecule has 0 radical (unpaired) electrons. The number of ether oxygens (including phenoxy) is 1. The van der Waals surface area contributed by atoms with E-state index in [1.54, 1.807) is 56.4 Å². The van der Waals surface area contributed by atoms with Crippen molar-refractivity contribution < 1.29 is 24.0 Å². The fourth-order valence-electron chi connectivity index (χ4n) is 2.67. The first-order chi connectivity index (χ1) is 13.7. The Balaban J connectivity index is 1.97. The largest absolute Gasteiger partial charge is 0.495 e. The van der Waals surface area contributed by atoms with Crippen LogP contribution >= 0.6 is 11.6 Å². The van der Waals surface area contributed by atoms with E-state index in [-0.39, 0.29) is 24.1 Å². The van der Waals surface area contributed by atoms with E-state index in [9.17, 15) is 14.4 Å². The topological polar surface area (TPSA) is 88.9 Å². The zero-order chi connectivity index (χ0) is 21.6. The molecule has 29 heavy (non-hydrogen) atoms. The van der Waals surface area contributed by atoms with Crippen LogP contribution in [0.5, 0.6) is 5.75 Å². The summed E-state index contributed by atoms with van der Waals surface area (Å²) in [5.74, 6) is -0.112. The predicted octanol–water partition coefficient (Wildman–Crippen LogP) is 2.03. The number of quaternary nitrogens is 1. The molecule has 7 nitrogen and oxygen atoms in total. The molecule has 0 bridgehead atoms. The predicted molar refractivity (Wildman–Crippen MR) is 113 cm³/mol. The van der Waals surface area contributed by atoms with Crippen LogP contribution in [0.4, 0.5) is 11.4 Å². The first kappa shape index (κ1) is 22.4. The molecule has 0 saturated carbocycles. The molecule has 3 N–H and O–H groups in total. The summed E-state index contributed by atoms with van der Waals surface area (Å²) in [6.45, 7) is 3.26. The number of rotatable bonds is 8. The average Bonchev–Trinajstić information content (AvgIpc) is 2.67. The number of ketones is 1. The number of halogens is 1. The molecular weight excluding hydrogens is 394 g/mol. The van der Waals surface area contributed by atoms with Gasteiger partial charge in [-0.3, -0.25) is 14.4 Å². The quantitative estimate of drug-likeness (QED) is 0.572. The monoisotopic (exact) mass is 418 g/mol. The fourth-order valence-corrected chi connectivity index (χ4v) is 2.84. The number of likely N-dealkylation sites (N-methyl/N-ethyl adjacent to an activating group) is 1. The van der Waals surface area contributed by atoms with Crippen molar-refractivity contribution in [3.05, 3.63) is 53.1 Å². The number of anilines is 2. The molecule has 0 spiro atoms. The Kier molecular flexibility index (Phi) is 7.75. The van der Waals surface area contributed by atoms with Gasteiger partial charge in [0.2, 0.25) is 0 Å². The van der Waals surface area contributed by atoms with E-state index in [1.165, 1.54) is 14.0 Å². The molecule has 0 aliphatic rings. The maximum absolute atomic E-state index is 12.5. The van der Waals surface area contributed by atoms with Crippen LogP contribution in [0, 0.1) is 0 Å². The number of hydrogen-bond donors (Lipinski definition) is 3. The molecule has 1 unspecified atom stereocenters. The Morgan fingerprint density at radius 2 is 1.86 bits per heavy atom. The maximum atomic E-state index is 12.5. The van der Waals surface area contributed by atoms with Crippen molar-refractivity contribution in [3.8, 4) is 5.75 Å². The molecule has 8 heteroatoms. The van der Waals surface area contributed by atoms with Gasteiger partial charge in [0.15, 0.2) is 18.4 Å². The van der Waals surface area contributed by atoms with E-state index in [1.807, 2.05) is 0 Å². The Morgan fingerprint density at radius 3 is 2.52 bits per heavy atom. The number of nitrogens with one attached hydrogen (secondary N) is 3. The van der Waals surface area contributed by atoms with Gasteiger partial charge in [0.1, 0.15) is 5.75 Å². The molecule has 2 aromatic rings. The van der Waals surface area contributed by atoms with Crippen LogP contribution in [-0.2, 0) is 9.59 Å². The SMILES string of the molecule is COc1ccc(Cl)cc1NC(=O)C[NH+](C)[C@@H](C)C(=O)Nc1cccc(C(C)=O)c1. The summed E-state index contributed by atoms with van der Waals surface area (Å²) in [5, 5.41) is 6.02. The van der Waals surface area contributed by atoms with Gasteiger partial charge in [-0.05, 0) is 44.2 Å². The lowest BCUT2D eigenvalue weighted by Gasteiger charge is -2.21. The molecule has 0 saturated heterocycles. The third-order valence-electron chi connectivity index (χ3n) is 4.54. The molecule has 0 aliphatic heterocycles. The third kappa shape index (κ3) is 6.30. The van der Waals surface area contributed by atoms with E-state index >= 15 is 0 Å². The van der Waals surface area contributed by atoms with Gasteiger partial charge in [-0.25, -0.2) is 0 Å². The van der Waals surface area contributed by atoms with E-state index in [2.05, 4.69) is 10.6 Å². The smallest absolute Gasteiger partial charge is 0.282 e. The number of carbonyl (C=O) groups excluding carboxylic acids is 3. The normalized spacial score (nSPS) is 12.6. The van der Waals surface area contributed by atoms with Crippen LogP contribution < -0.4 is 20.3 Å². The highest BCUT2D eigenvalue weighted by Crippen LogP contribution is 2.27. The second kappa shape index (κ2) is 10.0. The van der Waals surface area contributed by atoms with Crippen molar-refractivity contribution >= 4 is 40.6 Å². The van der Waals surface area contributed by atoms with Crippen LogP contribution in [0.2, 0.25) is 5.02 Å². The second-order valence-electron chi connectivity index (χ2n) is 6.76. The van der Waals surface area contributed by atoms with Crippen LogP contribution in [0.1, 0.15) is 24.2 Å². The fraction of sp³-hybridized carbons (Fsp3) is 0.286. The van der Waals surface area contributed by atoms with Crippen molar-refractivity contribution in [2.75, 3.05) is 31.3 Å². The third-order valence-corrected chi connectivity index (χ3v) is 4.78. The Labute approximate surface area is 175 Å². The highest BCUT2D eigenvalue weighted by atomic mass is 35.5. The van der Waals surface area contributed by atoms with Gasteiger partial charge in [0.25, 0.3) is 11.8 Å². The van der Waals surface area contributed by atoms with Crippen LogP contribution in [0.3, 0.4) is 0 Å². The van der Waals surface area contributed by atoms with Crippen molar-refractivity contribution in [2.24, 2.45) is 0 Å². The second-order valence-corrected chi connectivity index (χ2v) is 7.20. The van der Waals surface area contributed by atoms with Crippen LogP contribution in [-0.4, -0.2) is 44.3 Å². The van der Waals surface area contributed by atoms with Crippen molar-refractivity contribution in [1.82, 2.24) is 0 Å². The lowest BCUT2D eigenvalue weighted by atomic mass is 10.1. The molecule has 0 aliphatic carbocycles. The summed E-state index contributed by atoms with van der Waals surface area (Å²) in [6.07, 6.45) is 0. The van der Waals surface area contributed by atoms with Crippen LogP contribution in [0.15, 0.2) is 42.5 Å². The lowest BCUT2D eigenvalue weighted by Crippen LogP contribution is -3.14. The molecule has 2 amide bonds. The van der Waals surface area contributed by atoms with Crippen molar-refractivity contribution in [2.45, 2.75) is 19.9 Å². The summed E-state index contributed by atoms with van der Waals surface area (Å²) in [6, 6.07) is 11.2. The molecule has 2 atom stereocenters. The first-order valence-electron chi connectivity index (χ1n) is 9.08. The molecule has 0 fully saturated rings. The maximum Gasteiger partial charge on any atom is 0.282 e. The minimum Gasteiger partial charge on any atom is -0.495 e. The molecule has 0 heterocycles. The number of Topliss-reactive ketones (excluding diaryl/α,β-unsaturated/α-hetero) is 1. The van der Waals surface area contributed by atoms with Gasteiger partial charge >= 0.3 is 0 Å². The molecular formula is C21H25ClN3O4+. The standard InChI is InChI=1S/C21H24ClN3O4/c1-13(21(28)23-17-7-5-6-15(10-17)14(2)26)25(3)12-20(27)24-18-11-16(22)8-9-19(18)29-4/h5-11,13H,12H2,1-4H3,(H,23,28)(H,24,27)/p+1/t13-/m0/s1. The average molecular weight is 419 g/mol. The summed E-state index contributed by atoms with van der Waals surface area (Å²) in [5.41, 5.74) is 1.53. The number of amides is 2. The van der Waals surface area contributed by atoms with E-state index in [4.69, 9.17) is 16.3 Å². The van der Waals surface area contributed by atoms with Gasteiger partial charge in [-0.15, -0.1) is 0 Å². The minimum atomic E-state index is -0.497. The summed E-state index contributed by atoms with van der Waals surface area (Å²) in [7, 11) is 3.26. The number of hydrogen-bond acceptors (Lipinski definition) is 4. The zero-order valence-electron chi connectivity index (χ0n) is 16.8. The number of benzene rings is 2. The van der Waals surface area contributed by atoms with Crippen molar-refractivity contribution in [3.63, 3.8) is 0 Å². The molecule has 2 aromatic carbocycles. The summed E-state index contributed by atoms with van der Waals surface area (Å²) in [4.78, 5) is 37.1. The molecule has 2 rings (SSSR count). The van der Waals surface area contributed by atoms with Gasteiger partial charge in [-0.2, -0.15) is 0 Å². The van der Waals surface area contributed by atoms with Gasteiger partial charge in [0, 0.05) is 16.3 Å². The number of methoxy groups -OCH3 is 1. The zero-order valence-corrected chi connectivity index (χ0v) is 17.6. The minimum absolute atomic E-state index is 0.0672. The Bertz CT molecular complexity index is 917. The van der Waals surface area contributed by atoms with Crippen LogP contribution in [0.25, 0.3) is 0 Å². The molecule has 154 valence electrons.